The van der Waals surface area contributed by atoms with E-state index in [1.54, 1.807) is 18.4 Å². The summed E-state index contributed by atoms with van der Waals surface area (Å²) in [6.45, 7) is 8.15. The van der Waals surface area contributed by atoms with Crippen LogP contribution in [0.1, 0.15) is 26.3 Å². The third-order valence-electron chi connectivity index (χ3n) is 3.27. The summed E-state index contributed by atoms with van der Waals surface area (Å²) in [5.41, 5.74) is 1.41. The molecule has 0 saturated carbocycles. The third-order valence-corrected chi connectivity index (χ3v) is 4.00. The molecule has 0 aromatic carbocycles. The van der Waals surface area contributed by atoms with Crippen LogP contribution in [0.2, 0.25) is 0 Å². The molecule has 0 saturated heterocycles. The first-order valence-electron chi connectivity index (χ1n) is 6.84. The van der Waals surface area contributed by atoms with Crippen LogP contribution in [0.25, 0.3) is 0 Å². The van der Waals surface area contributed by atoms with E-state index in [2.05, 4.69) is 52.8 Å². The maximum atomic E-state index is 5.56. The third kappa shape index (κ3) is 5.13. The first-order chi connectivity index (χ1) is 9.38. The fraction of sp³-hybridized carbons (Fsp3) is 0.667. The Labute approximate surface area is 126 Å². The van der Waals surface area contributed by atoms with Crippen molar-refractivity contribution in [3.05, 3.63) is 22.4 Å². The highest BCUT2D eigenvalue weighted by Crippen LogP contribution is 2.21. The van der Waals surface area contributed by atoms with E-state index >= 15 is 0 Å². The standard InChI is InChI=1S/C15H27N3OS/c1-15(2,3)13(19-6)9-17-14(16-4)18(5)10-12-7-8-20-11-12/h7-8,11,13H,9-10H2,1-6H3,(H,16,17). The number of methoxy groups -OCH3 is 1. The Hall–Kier alpha value is -1.07. The van der Waals surface area contributed by atoms with Gasteiger partial charge in [0.2, 0.25) is 0 Å². The van der Waals surface area contributed by atoms with E-state index in [1.165, 1.54) is 5.56 Å². The highest BCUT2D eigenvalue weighted by Gasteiger charge is 2.24. The molecular formula is C15H27N3OS. The predicted octanol–water partition coefficient (Wildman–Crippen LogP) is 2.82. The molecule has 0 aliphatic carbocycles. The molecule has 20 heavy (non-hydrogen) atoms. The van der Waals surface area contributed by atoms with E-state index in [-0.39, 0.29) is 11.5 Å². The number of thiophene rings is 1. The molecule has 1 unspecified atom stereocenters. The number of guanidine groups is 1. The Morgan fingerprint density at radius 1 is 1.50 bits per heavy atom. The molecule has 0 aliphatic rings. The summed E-state index contributed by atoms with van der Waals surface area (Å²) in [5.74, 6) is 0.891. The summed E-state index contributed by atoms with van der Waals surface area (Å²) < 4.78 is 5.56. The zero-order valence-electron chi connectivity index (χ0n) is 13.4. The van der Waals surface area contributed by atoms with E-state index in [0.29, 0.717) is 0 Å². The van der Waals surface area contributed by atoms with Crippen LogP contribution in [0.15, 0.2) is 21.8 Å². The number of nitrogens with zero attached hydrogens (tertiary/aromatic N) is 2. The minimum atomic E-state index is 0.104. The lowest BCUT2D eigenvalue weighted by molar-refractivity contribution is 0.0202. The molecule has 1 atom stereocenters. The Bertz CT molecular complexity index is 409. The highest BCUT2D eigenvalue weighted by molar-refractivity contribution is 7.07. The fourth-order valence-electron chi connectivity index (χ4n) is 2.04. The molecule has 0 radical (unpaired) electrons. The van der Waals surface area contributed by atoms with Crippen LogP contribution >= 0.6 is 11.3 Å². The predicted molar refractivity (Wildman–Crippen MR) is 87.4 cm³/mol. The fourth-order valence-corrected chi connectivity index (χ4v) is 2.70. The first kappa shape index (κ1) is 17.0. The van der Waals surface area contributed by atoms with Gasteiger partial charge in [0.15, 0.2) is 5.96 Å². The van der Waals surface area contributed by atoms with Crippen molar-refractivity contribution in [1.82, 2.24) is 10.2 Å². The minimum Gasteiger partial charge on any atom is -0.379 e. The second kappa shape index (κ2) is 7.64. The lowest BCUT2D eigenvalue weighted by Gasteiger charge is -2.31. The van der Waals surface area contributed by atoms with Gasteiger partial charge < -0.3 is 15.0 Å². The van der Waals surface area contributed by atoms with Crippen LogP contribution in [0.5, 0.6) is 0 Å². The van der Waals surface area contributed by atoms with Gasteiger partial charge in [0.1, 0.15) is 0 Å². The van der Waals surface area contributed by atoms with Crippen molar-refractivity contribution in [2.24, 2.45) is 10.4 Å². The molecule has 1 aromatic rings. The molecule has 0 amide bonds. The van der Waals surface area contributed by atoms with Gasteiger partial charge in [0, 0.05) is 34.3 Å². The molecule has 1 N–H and O–H groups in total. The van der Waals surface area contributed by atoms with Crippen molar-refractivity contribution in [2.75, 3.05) is 27.7 Å². The zero-order valence-corrected chi connectivity index (χ0v) is 14.3. The Balaban J connectivity index is 2.55. The maximum absolute atomic E-state index is 5.56. The quantitative estimate of drug-likeness (QED) is 0.671. The van der Waals surface area contributed by atoms with Crippen LogP contribution in [0.4, 0.5) is 0 Å². The van der Waals surface area contributed by atoms with E-state index < -0.39 is 0 Å². The molecule has 0 spiro atoms. The molecule has 1 rings (SSSR count). The lowest BCUT2D eigenvalue weighted by Crippen LogP contribution is -2.45. The van der Waals surface area contributed by atoms with Crippen LogP contribution in [0.3, 0.4) is 0 Å². The van der Waals surface area contributed by atoms with Gasteiger partial charge in [-0.05, 0) is 27.8 Å². The van der Waals surface area contributed by atoms with Crippen LogP contribution in [-0.2, 0) is 11.3 Å². The highest BCUT2D eigenvalue weighted by atomic mass is 32.1. The number of hydrogen-bond acceptors (Lipinski definition) is 3. The van der Waals surface area contributed by atoms with Crippen LogP contribution in [0, 0.1) is 5.41 Å². The van der Waals surface area contributed by atoms with E-state index in [4.69, 9.17) is 4.74 Å². The van der Waals surface area contributed by atoms with Gasteiger partial charge in [0.05, 0.1) is 6.10 Å². The number of aliphatic imine (C=N–C) groups is 1. The average molecular weight is 297 g/mol. The van der Waals surface area contributed by atoms with Crippen molar-refractivity contribution in [2.45, 2.75) is 33.4 Å². The molecule has 0 aliphatic heterocycles. The monoisotopic (exact) mass is 297 g/mol. The van der Waals surface area contributed by atoms with E-state index in [9.17, 15) is 0 Å². The second-order valence-electron chi connectivity index (χ2n) is 6.01. The number of rotatable bonds is 5. The number of ether oxygens (including phenoxy) is 1. The molecule has 4 nitrogen and oxygen atoms in total. The molecule has 1 heterocycles. The van der Waals surface area contributed by atoms with Gasteiger partial charge in [-0.25, -0.2) is 0 Å². The molecule has 1 aromatic heterocycles. The molecule has 5 heteroatoms. The first-order valence-corrected chi connectivity index (χ1v) is 7.78. The van der Waals surface area contributed by atoms with Gasteiger partial charge >= 0.3 is 0 Å². The van der Waals surface area contributed by atoms with Crippen LogP contribution < -0.4 is 5.32 Å². The maximum Gasteiger partial charge on any atom is 0.193 e. The lowest BCUT2D eigenvalue weighted by atomic mass is 9.89. The van der Waals surface area contributed by atoms with Crippen LogP contribution in [-0.4, -0.2) is 44.7 Å². The number of hydrogen-bond donors (Lipinski definition) is 1. The van der Waals surface area contributed by atoms with Gasteiger partial charge in [-0.15, -0.1) is 0 Å². The second-order valence-corrected chi connectivity index (χ2v) is 6.79. The van der Waals surface area contributed by atoms with Gasteiger partial charge in [-0.1, -0.05) is 20.8 Å². The van der Waals surface area contributed by atoms with Gasteiger partial charge in [-0.2, -0.15) is 11.3 Å². The number of nitrogens with one attached hydrogen (secondary N) is 1. The summed E-state index contributed by atoms with van der Waals surface area (Å²) in [6.07, 6.45) is 0.147. The van der Waals surface area contributed by atoms with E-state index in [0.717, 1.165) is 19.0 Å². The minimum absolute atomic E-state index is 0.104. The zero-order chi connectivity index (χ0) is 15.2. The summed E-state index contributed by atoms with van der Waals surface area (Å²) >= 11 is 1.72. The summed E-state index contributed by atoms with van der Waals surface area (Å²) in [5, 5.41) is 7.65. The Morgan fingerprint density at radius 3 is 2.65 bits per heavy atom. The molecular weight excluding hydrogens is 270 g/mol. The van der Waals surface area contributed by atoms with Crippen molar-refractivity contribution < 1.29 is 4.74 Å². The van der Waals surface area contributed by atoms with E-state index in [1.807, 2.05) is 14.1 Å². The smallest absolute Gasteiger partial charge is 0.193 e. The molecule has 0 bridgehead atoms. The van der Waals surface area contributed by atoms with Crippen molar-refractivity contribution >= 4 is 17.3 Å². The molecule has 114 valence electrons. The summed E-state index contributed by atoms with van der Waals surface area (Å²) in [7, 11) is 5.62. The molecule has 0 fully saturated rings. The summed E-state index contributed by atoms with van der Waals surface area (Å²) in [6, 6.07) is 2.14. The van der Waals surface area contributed by atoms with Gasteiger partial charge in [-0.3, -0.25) is 4.99 Å². The summed E-state index contributed by atoms with van der Waals surface area (Å²) in [4.78, 5) is 6.46. The normalized spacial score (nSPS) is 14.2. The average Bonchev–Trinajstić information content (AvgIpc) is 2.85. The van der Waals surface area contributed by atoms with Crippen molar-refractivity contribution in [3.63, 3.8) is 0 Å². The Morgan fingerprint density at radius 2 is 2.20 bits per heavy atom. The van der Waals surface area contributed by atoms with Crippen molar-refractivity contribution in [3.8, 4) is 0 Å². The van der Waals surface area contributed by atoms with Gasteiger partial charge in [0.25, 0.3) is 0 Å². The largest absolute Gasteiger partial charge is 0.379 e. The SMILES string of the molecule is CN=C(NCC(OC)C(C)(C)C)N(C)Cc1ccsc1. The van der Waals surface area contributed by atoms with Crippen molar-refractivity contribution in [1.29, 1.82) is 0 Å². The topological polar surface area (TPSA) is 36.9 Å². The Kier molecular flexibility index (Phi) is 6.49.